The summed E-state index contributed by atoms with van der Waals surface area (Å²) in [5.41, 5.74) is 1.34. The third-order valence-corrected chi connectivity index (χ3v) is 6.26. The maximum Gasteiger partial charge on any atom is 0.123 e. The molecule has 0 spiro atoms. The Kier molecular flexibility index (Phi) is 4.56. The van der Waals surface area contributed by atoms with E-state index in [4.69, 9.17) is 0 Å². The van der Waals surface area contributed by atoms with Crippen LogP contribution in [-0.2, 0) is 0 Å². The molecule has 0 aromatic heterocycles. The van der Waals surface area contributed by atoms with Crippen LogP contribution in [0.1, 0.15) is 51.2 Å². The topological polar surface area (TPSA) is 32.3 Å². The Morgan fingerprint density at radius 2 is 2.00 bits per heavy atom. The molecule has 3 fully saturated rings. The highest BCUT2D eigenvalue weighted by molar-refractivity contribution is 5.18. The molecule has 0 radical (unpaired) electrons. The van der Waals surface area contributed by atoms with E-state index in [-0.39, 0.29) is 5.82 Å². The van der Waals surface area contributed by atoms with Crippen molar-refractivity contribution >= 4 is 0 Å². The monoisotopic (exact) mass is 305 g/mol. The number of nitrogens with one attached hydrogen (secondary N) is 1. The van der Waals surface area contributed by atoms with Gasteiger partial charge in [0, 0.05) is 0 Å². The van der Waals surface area contributed by atoms with E-state index < -0.39 is 6.10 Å². The summed E-state index contributed by atoms with van der Waals surface area (Å²) in [5, 5.41) is 13.7. The van der Waals surface area contributed by atoms with Crippen molar-refractivity contribution in [2.45, 2.75) is 45.6 Å². The van der Waals surface area contributed by atoms with Gasteiger partial charge in [-0.05, 0) is 79.6 Å². The van der Waals surface area contributed by atoms with E-state index in [2.05, 4.69) is 19.2 Å². The first-order valence-electron chi connectivity index (χ1n) is 8.62. The van der Waals surface area contributed by atoms with E-state index in [0.29, 0.717) is 11.8 Å². The van der Waals surface area contributed by atoms with Gasteiger partial charge in [0.15, 0.2) is 0 Å². The quantitative estimate of drug-likeness (QED) is 0.781. The van der Waals surface area contributed by atoms with Gasteiger partial charge in [-0.25, -0.2) is 4.39 Å². The number of halogens is 1. The van der Waals surface area contributed by atoms with Crippen LogP contribution < -0.4 is 5.32 Å². The lowest BCUT2D eigenvalue weighted by atomic mass is 9.45. The molecule has 4 atom stereocenters. The average Bonchev–Trinajstić information content (AvgIpc) is 2.52. The number of hydrogen-bond acceptors (Lipinski definition) is 2. The molecule has 0 aliphatic heterocycles. The highest BCUT2D eigenvalue weighted by Gasteiger charge is 2.53. The minimum atomic E-state index is -0.510. The number of aliphatic hydroxyl groups is 1. The van der Waals surface area contributed by atoms with Gasteiger partial charge in [0.2, 0.25) is 0 Å². The molecule has 0 saturated heterocycles. The van der Waals surface area contributed by atoms with E-state index in [9.17, 15) is 9.50 Å². The van der Waals surface area contributed by atoms with Crippen molar-refractivity contribution in [3.05, 3.63) is 35.6 Å². The number of fused-ring (bicyclic) bond motifs is 2. The molecule has 3 saturated carbocycles. The van der Waals surface area contributed by atoms with Crippen LogP contribution in [0.4, 0.5) is 4.39 Å². The average molecular weight is 305 g/mol. The van der Waals surface area contributed by atoms with Gasteiger partial charge in [0.1, 0.15) is 5.82 Å². The van der Waals surface area contributed by atoms with E-state index in [1.807, 2.05) is 0 Å². The Labute approximate surface area is 133 Å². The third-order valence-electron chi connectivity index (χ3n) is 6.26. The summed E-state index contributed by atoms with van der Waals surface area (Å²) in [5.74, 6) is 2.37. The van der Waals surface area contributed by atoms with E-state index in [0.717, 1.165) is 36.4 Å². The van der Waals surface area contributed by atoms with Crippen molar-refractivity contribution in [2.24, 2.45) is 23.2 Å². The molecule has 1 aromatic rings. The molecule has 2 bridgehead atoms. The summed E-state index contributed by atoms with van der Waals surface area (Å²) in [7, 11) is 0. The summed E-state index contributed by atoms with van der Waals surface area (Å²) < 4.78 is 12.9. The summed E-state index contributed by atoms with van der Waals surface area (Å²) >= 11 is 0. The molecular weight excluding hydrogens is 277 g/mol. The molecule has 4 rings (SSSR count). The Hall–Kier alpha value is -0.930. The first-order valence-corrected chi connectivity index (χ1v) is 8.62. The molecule has 3 aliphatic rings. The normalized spacial score (nSPS) is 30.6. The molecule has 0 amide bonds. The third kappa shape index (κ3) is 3.07. The lowest BCUT2D eigenvalue weighted by Crippen LogP contribution is -2.54. The Balaban J connectivity index is 1.39. The van der Waals surface area contributed by atoms with Crippen molar-refractivity contribution in [1.29, 1.82) is 0 Å². The fourth-order valence-electron chi connectivity index (χ4n) is 4.58. The van der Waals surface area contributed by atoms with E-state index >= 15 is 0 Å². The van der Waals surface area contributed by atoms with Gasteiger partial charge in [-0.2, -0.15) is 0 Å². The molecule has 0 heterocycles. The summed E-state index contributed by atoms with van der Waals surface area (Å²) in [6.07, 6.45) is 4.32. The summed E-state index contributed by atoms with van der Waals surface area (Å²) in [6, 6.07) is 6.14. The Morgan fingerprint density at radius 3 is 2.64 bits per heavy atom. The maximum absolute atomic E-state index is 12.9. The lowest BCUT2D eigenvalue weighted by molar-refractivity contribution is -0.103. The molecule has 4 unspecified atom stereocenters. The minimum Gasteiger partial charge on any atom is -0.388 e. The van der Waals surface area contributed by atoms with E-state index in [1.54, 1.807) is 12.1 Å². The van der Waals surface area contributed by atoms with Crippen LogP contribution in [-0.4, -0.2) is 18.2 Å². The van der Waals surface area contributed by atoms with Gasteiger partial charge >= 0.3 is 0 Å². The molecule has 122 valence electrons. The molecular formula is C19H28FNO. The standard InChI is InChI=1S/C19H28FNO/c1-19(2)15-6-3-14(17(19)11-15)12-21-10-9-18(22)13-4-7-16(20)8-5-13/h4-5,7-8,14-15,17-18,21-22H,3,6,9-12H2,1-2H3. The van der Waals surface area contributed by atoms with Gasteiger partial charge in [-0.1, -0.05) is 26.0 Å². The molecule has 3 aliphatic carbocycles. The van der Waals surface area contributed by atoms with Crippen LogP contribution >= 0.6 is 0 Å². The first kappa shape index (κ1) is 15.9. The fourth-order valence-corrected chi connectivity index (χ4v) is 4.58. The molecule has 2 nitrogen and oxygen atoms in total. The van der Waals surface area contributed by atoms with Crippen molar-refractivity contribution < 1.29 is 9.50 Å². The van der Waals surface area contributed by atoms with Crippen LogP contribution in [0.25, 0.3) is 0 Å². The molecule has 2 N–H and O–H groups in total. The minimum absolute atomic E-state index is 0.257. The summed E-state index contributed by atoms with van der Waals surface area (Å²) in [6.45, 7) is 6.73. The van der Waals surface area contributed by atoms with Crippen LogP contribution in [0.15, 0.2) is 24.3 Å². The van der Waals surface area contributed by atoms with Gasteiger partial charge in [0.25, 0.3) is 0 Å². The van der Waals surface area contributed by atoms with Gasteiger partial charge in [-0.15, -0.1) is 0 Å². The number of rotatable bonds is 6. The smallest absolute Gasteiger partial charge is 0.123 e. The molecule has 1 aromatic carbocycles. The number of aliphatic hydroxyl groups excluding tert-OH is 1. The van der Waals surface area contributed by atoms with Crippen molar-refractivity contribution in [2.75, 3.05) is 13.1 Å². The predicted octanol–water partition coefficient (Wildman–Crippen LogP) is 3.91. The van der Waals surface area contributed by atoms with Gasteiger partial charge < -0.3 is 10.4 Å². The molecule has 22 heavy (non-hydrogen) atoms. The molecule has 3 heteroatoms. The van der Waals surface area contributed by atoms with Crippen molar-refractivity contribution in [3.8, 4) is 0 Å². The zero-order chi connectivity index (χ0) is 15.7. The van der Waals surface area contributed by atoms with Crippen LogP contribution in [0.2, 0.25) is 0 Å². The largest absolute Gasteiger partial charge is 0.388 e. The highest BCUT2D eigenvalue weighted by Crippen LogP contribution is 2.61. The number of benzene rings is 1. The first-order chi connectivity index (χ1) is 10.5. The van der Waals surface area contributed by atoms with Gasteiger partial charge in [-0.3, -0.25) is 0 Å². The zero-order valence-electron chi connectivity index (χ0n) is 13.7. The lowest BCUT2D eigenvalue weighted by Gasteiger charge is -2.60. The van der Waals surface area contributed by atoms with Crippen molar-refractivity contribution in [1.82, 2.24) is 5.32 Å². The van der Waals surface area contributed by atoms with Crippen LogP contribution in [0, 0.1) is 29.0 Å². The maximum atomic E-state index is 12.9. The fraction of sp³-hybridized carbons (Fsp3) is 0.684. The second kappa shape index (κ2) is 6.29. The van der Waals surface area contributed by atoms with Crippen molar-refractivity contribution in [3.63, 3.8) is 0 Å². The van der Waals surface area contributed by atoms with Gasteiger partial charge in [0.05, 0.1) is 6.10 Å². The zero-order valence-corrected chi connectivity index (χ0v) is 13.7. The second-order valence-corrected chi connectivity index (χ2v) is 7.76. The summed E-state index contributed by atoms with van der Waals surface area (Å²) in [4.78, 5) is 0. The highest BCUT2D eigenvalue weighted by atomic mass is 19.1. The Bertz CT molecular complexity index is 497. The van der Waals surface area contributed by atoms with Crippen LogP contribution in [0.3, 0.4) is 0 Å². The predicted molar refractivity (Wildman–Crippen MR) is 86.9 cm³/mol. The second-order valence-electron chi connectivity index (χ2n) is 7.76. The Morgan fingerprint density at radius 1 is 1.27 bits per heavy atom. The van der Waals surface area contributed by atoms with Crippen LogP contribution in [0.5, 0.6) is 0 Å². The number of hydrogen-bond donors (Lipinski definition) is 2. The van der Waals surface area contributed by atoms with E-state index in [1.165, 1.54) is 31.4 Å². The SMILES string of the molecule is CC1(C)C2CCC(CNCCC(O)c3ccc(F)cc3)C1C2.